The molecule has 1 atom stereocenters. The number of aliphatic carboxylic acids is 1. The van der Waals surface area contributed by atoms with E-state index in [2.05, 4.69) is 5.32 Å². The van der Waals surface area contributed by atoms with Crippen molar-refractivity contribution in [2.24, 2.45) is 0 Å². The van der Waals surface area contributed by atoms with E-state index in [1.54, 1.807) is 12.1 Å². The summed E-state index contributed by atoms with van der Waals surface area (Å²) in [5.41, 5.74) is 0.691. The van der Waals surface area contributed by atoms with E-state index in [0.29, 0.717) is 12.0 Å². The number of aromatic hydroxyl groups is 1. The molecule has 0 aromatic heterocycles. The van der Waals surface area contributed by atoms with Crippen molar-refractivity contribution in [2.75, 3.05) is 0 Å². The van der Waals surface area contributed by atoms with E-state index >= 15 is 0 Å². The SMILES string of the molecule is O=CN[C@@H](Cc1ccc(O)cc1)C(=O)[O-].[Na+]. The second-order valence-corrected chi connectivity index (χ2v) is 3.03. The molecule has 1 aromatic carbocycles. The molecule has 5 nitrogen and oxygen atoms in total. The van der Waals surface area contributed by atoms with Gasteiger partial charge < -0.3 is 20.3 Å². The molecule has 0 saturated carbocycles. The van der Waals surface area contributed by atoms with E-state index in [1.807, 2.05) is 0 Å². The Morgan fingerprint density at radius 2 is 2.00 bits per heavy atom. The number of carbonyl (C=O) groups excluding carboxylic acids is 2. The number of benzene rings is 1. The normalized spacial score (nSPS) is 11.0. The average Bonchev–Trinajstić information content (AvgIpc) is 2.20. The Kier molecular flexibility index (Phi) is 6.80. The van der Waals surface area contributed by atoms with E-state index in [1.165, 1.54) is 12.1 Å². The van der Waals surface area contributed by atoms with Gasteiger partial charge in [0.1, 0.15) is 5.75 Å². The van der Waals surface area contributed by atoms with Crippen molar-refractivity contribution in [1.29, 1.82) is 0 Å². The van der Waals surface area contributed by atoms with Crippen LogP contribution >= 0.6 is 0 Å². The molecular formula is C10H10NNaO4. The zero-order chi connectivity index (χ0) is 11.3. The van der Waals surface area contributed by atoms with Crippen LogP contribution in [0.1, 0.15) is 5.56 Å². The fraction of sp³-hybridized carbons (Fsp3) is 0.200. The Morgan fingerprint density at radius 1 is 1.44 bits per heavy atom. The van der Waals surface area contributed by atoms with Gasteiger partial charge in [0.25, 0.3) is 0 Å². The van der Waals surface area contributed by atoms with Gasteiger partial charge in [-0.3, -0.25) is 4.79 Å². The summed E-state index contributed by atoms with van der Waals surface area (Å²) in [5, 5.41) is 21.7. The van der Waals surface area contributed by atoms with Crippen LogP contribution in [-0.2, 0) is 16.0 Å². The molecule has 16 heavy (non-hydrogen) atoms. The number of carboxylic acid groups (broad SMARTS) is 1. The minimum atomic E-state index is -1.34. The van der Waals surface area contributed by atoms with Gasteiger partial charge in [-0.05, 0) is 24.1 Å². The zero-order valence-electron chi connectivity index (χ0n) is 8.84. The fourth-order valence-electron chi connectivity index (χ4n) is 1.16. The molecule has 0 saturated heterocycles. The maximum atomic E-state index is 10.6. The van der Waals surface area contributed by atoms with Crippen molar-refractivity contribution < 1.29 is 49.4 Å². The average molecular weight is 231 g/mol. The molecule has 0 aliphatic heterocycles. The van der Waals surface area contributed by atoms with Crippen molar-refractivity contribution in [3.63, 3.8) is 0 Å². The van der Waals surface area contributed by atoms with Crippen LogP contribution in [0.5, 0.6) is 5.75 Å². The maximum absolute atomic E-state index is 10.6. The van der Waals surface area contributed by atoms with Gasteiger partial charge in [-0.1, -0.05) is 12.1 Å². The topological polar surface area (TPSA) is 89.5 Å². The van der Waals surface area contributed by atoms with Crippen LogP contribution in [0, 0.1) is 0 Å². The quantitative estimate of drug-likeness (QED) is 0.397. The van der Waals surface area contributed by atoms with Gasteiger partial charge in [0.2, 0.25) is 6.41 Å². The van der Waals surface area contributed by atoms with Gasteiger partial charge in [-0.15, -0.1) is 0 Å². The minimum absolute atomic E-state index is 0. The largest absolute Gasteiger partial charge is 1.00 e. The first-order chi connectivity index (χ1) is 7.13. The van der Waals surface area contributed by atoms with Crippen LogP contribution in [0.15, 0.2) is 24.3 Å². The molecule has 0 spiro atoms. The van der Waals surface area contributed by atoms with Gasteiger partial charge >= 0.3 is 29.6 Å². The molecule has 2 N–H and O–H groups in total. The van der Waals surface area contributed by atoms with E-state index in [0.717, 1.165) is 0 Å². The number of phenols is 1. The van der Waals surface area contributed by atoms with Crippen LogP contribution in [0.4, 0.5) is 0 Å². The molecule has 0 unspecified atom stereocenters. The summed E-state index contributed by atoms with van der Waals surface area (Å²) in [6.07, 6.45) is 0.447. The second-order valence-electron chi connectivity index (χ2n) is 3.03. The monoisotopic (exact) mass is 231 g/mol. The third kappa shape index (κ3) is 4.65. The van der Waals surface area contributed by atoms with Gasteiger partial charge in [0, 0.05) is 0 Å². The number of amides is 1. The standard InChI is InChI=1S/C10H11NO4.Na/c12-6-11-9(10(14)15)5-7-1-3-8(13)4-2-7;/h1-4,6,9,13H,5H2,(H,11,12)(H,14,15);/q;+1/p-1/t9-;/m0./s1. The molecule has 1 rings (SSSR count). The van der Waals surface area contributed by atoms with Crippen molar-refractivity contribution in [2.45, 2.75) is 12.5 Å². The first-order valence-electron chi connectivity index (χ1n) is 4.32. The summed E-state index contributed by atoms with van der Waals surface area (Å²) in [7, 11) is 0. The van der Waals surface area contributed by atoms with Crippen molar-refractivity contribution >= 4 is 12.4 Å². The third-order valence-electron chi connectivity index (χ3n) is 1.93. The minimum Gasteiger partial charge on any atom is -0.548 e. The smallest absolute Gasteiger partial charge is 0.548 e. The Bertz CT molecular complexity index is 352. The number of carbonyl (C=O) groups is 2. The van der Waals surface area contributed by atoms with Crippen molar-refractivity contribution in [1.82, 2.24) is 5.32 Å². The maximum Gasteiger partial charge on any atom is 1.00 e. The first-order valence-corrected chi connectivity index (χ1v) is 4.32. The number of phenolic OH excluding ortho intramolecular Hbond substituents is 1. The number of nitrogens with one attached hydrogen (secondary N) is 1. The van der Waals surface area contributed by atoms with Crippen LogP contribution in [0.25, 0.3) is 0 Å². The molecule has 1 amide bonds. The Balaban J connectivity index is 0.00000225. The van der Waals surface area contributed by atoms with Crippen LogP contribution in [-0.4, -0.2) is 23.5 Å². The van der Waals surface area contributed by atoms with Gasteiger partial charge in [-0.2, -0.15) is 0 Å². The molecule has 0 aliphatic rings. The summed E-state index contributed by atoms with van der Waals surface area (Å²) in [4.78, 5) is 20.7. The molecule has 6 heteroatoms. The molecule has 80 valence electrons. The molecular weight excluding hydrogens is 221 g/mol. The third-order valence-corrected chi connectivity index (χ3v) is 1.93. The van der Waals surface area contributed by atoms with Gasteiger partial charge in [-0.25, -0.2) is 0 Å². The Morgan fingerprint density at radius 3 is 2.44 bits per heavy atom. The number of hydrogen-bond donors (Lipinski definition) is 2. The van der Waals surface area contributed by atoms with E-state index in [9.17, 15) is 14.7 Å². The Hall–Kier alpha value is -1.04. The predicted molar refractivity (Wildman–Crippen MR) is 49.8 cm³/mol. The van der Waals surface area contributed by atoms with E-state index in [4.69, 9.17) is 5.11 Å². The van der Waals surface area contributed by atoms with E-state index in [-0.39, 0.29) is 41.7 Å². The molecule has 1 aromatic rings. The number of hydrogen-bond acceptors (Lipinski definition) is 4. The molecule has 0 fully saturated rings. The fourth-order valence-corrected chi connectivity index (χ4v) is 1.16. The molecule has 0 heterocycles. The second kappa shape index (κ2) is 7.27. The van der Waals surface area contributed by atoms with Crippen LogP contribution in [0.3, 0.4) is 0 Å². The summed E-state index contributed by atoms with van der Waals surface area (Å²) in [6.45, 7) is 0. The molecule has 0 bridgehead atoms. The van der Waals surface area contributed by atoms with Crippen LogP contribution < -0.4 is 40.0 Å². The summed E-state index contributed by atoms with van der Waals surface area (Å²) >= 11 is 0. The van der Waals surface area contributed by atoms with Gasteiger partial charge in [0.05, 0.1) is 12.0 Å². The van der Waals surface area contributed by atoms with E-state index < -0.39 is 12.0 Å². The van der Waals surface area contributed by atoms with Crippen LogP contribution in [0.2, 0.25) is 0 Å². The molecule has 0 aliphatic carbocycles. The predicted octanol–water partition coefficient (Wildman–Crippen LogP) is -4.20. The van der Waals surface area contributed by atoms with Gasteiger partial charge in [0.15, 0.2) is 0 Å². The molecule has 0 radical (unpaired) electrons. The summed E-state index contributed by atoms with van der Waals surface area (Å²) in [6, 6.07) is 5.01. The number of rotatable bonds is 5. The van der Waals surface area contributed by atoms with Crippen molar-refractivity contribution in [3.8, 4) is 5.75 Å². The Labute approximate surface area is 115 Å². The van der Waals surface area contributed by atoms with Crippen molar-refractivity contribution in [3.05, 3.63) is 29.8 Å². The number of carboxylic acids is 1. The first kappa shape index (κ1) is 15.0. The summed E-state index contributed by atoms with van der Waals surface area (Å²) < 4.78 is 0. The summed E-state index contributed by atoms with van der Waals surface area (Å²) in [5.74, 6) is -1.23. The zero-order valence-corrected chi connectivity index (χ0v) is 10.8.